The van der Waals surface area contributed by atoms with Crippen molar-refractivity contribution in [3.8, 4) is 0 Å². The van der Waals surface area contributed by atoms with Gasteiger partial charge in [0, 0.05) is 12.6 Å². The lowest BCUT2D eigenvalue weighted by molar-refractivity contribution is 0.299. The van der Waals surface area contributed by atoms with Crippen LogP contribution in [0.4, 0.5) is 5.82 Å². The third-order valence-electron chi connectivity index (χ3n) is 3.96. The number of nitrogens with one attached hydrogen (secondary N) is 1. The Kier molecular flexibility index (Phi) is 4.99. The standard InChI is InChI=1S/C13H21BrN4O/c1-2-18(10-6-4-3-5-9(10)7-15)12-11(14)13(19)17-8-16-12/h8-10H,2-7,15H2,1H3,(H,16,17,19). The maximum Gasteiger partial charge on any atom is 0.267 e. The number of nitrogens with zero attached hydrogens (tertiary/aromatic N) is 2. The third kappa shape index (κ3) is 3.00. The zero-order valence-corrected chi connectivity index (χ0v) is 12.8. The lowest BCUT2D eigenvalue weighted by atomic mass is 9.83. The molecule has 1 aliphatic rings. The van der Waals surface area contributed by atoms with Crippen molar-refractivity contribution in [3.05, 3.63) is 21.2 Å². The number of hydrogen-bond acceptors (Lipinski definition) is 4. The molecule has 1 aromatic heterocycles. The van der Waals surface area contributed by atoms with E-state index in [-0.39, 0.29) is 5.56 Å². The number of anilines is 1. The van der Waals surface area contributed by atoms with Gasteiger partial charge < -0.3 is 15.6 Å². The first-order chi connectivity index (χ1) is 9.19. The molecule has 1 aromatic rings. The fraction of sp³-hybridized carbons (Fsp3) is 0.692. The first kappa shape index (κ1) is 14.5. The van der Waals surface area contributed by atoms with Crippen molar-refractivity contribution in [2.45, 2.75) is 38.6 Å². The van der Waals surface area contributed by atoms with Crippen molar-refractivity contribution in [3.63, 3.8) is 0 Å². The van der Waals surface area contributed by atoms with Crippen molar-refractivity contribution in [2.75, 3.05) is 18.0 Å². The summed E-state index contributed by atoms with van der Waals surface area (Å²) in [6, 6.07) is 0.384. The van der Waals surface area contributed by atoms with Gasteiger partial charge in [0.15, 0.2) is 5.82 Å². The number of aromatic nitrogens is 2. The molecule has 1 heterocycles. The van der Waals surface area contributed by atoms with Crippen LogP contribution in [0.15, 0.2) is 15.6 Å². The highest BCUT2D eigenvalue weighted by Gasteiger charge is 2.30. The van der Waals surface area contributed by atoms with Gasteiger partial charge in [0.05, 0.1) is 6.33 Å². The summed E-state index contributed by atoms with van der Waals surface area (Å²) in [5, 5.41) is 0. The smallest absolute Gasteiger partial charge is 0.267 e. The Hall–Kier alpha value is -0.880. The van der Waals surface area contributed by atoms with Crippen molar-refractivity contribution in [1.82, 2.24) is 9.97 Å². The first-order valence-electron chi connectivity index (χ1n) is 6.89. The molecule has 6 heteroatoms. The van der Waals surface area contributed by atoms with Gasteiger partial charge in [-0.05, 0) is 48.2 Å². The largest absolute Gasteiger partial charge is 0.352 e. The molecule has 0 radical (unpaired) electrons. The molecule has 1 fully saturated rings. The molecule has 0 amide bonds. The molecule has 3 N–H and O–H groups in total. The zero-order chi connectivity index (χ0) is 13.8. The Morgan fingerprint density at radius 3 is 2.95 bits per heavy atom. The van der Waals surface area contributed by atoms with Crippen LogP contribution in [0.25, 0.3) is 0 Å². The molecule has 19 heavy (non-hydrogen) atoms. The second kappa shape index (κ2) is 6.52. The van der Waals surface area contributed by atoms with Gasteiger partial charge in [-0.3, -0.25) is 4.79 Å². The molecular weight excluding hydrogens is 308 g/mol. The van der Waals surface area contributed by atoms with E-state index < -0.39 is 0 Å². The van der Waals surface area contributed by atoms with Gasteiger partial charge >= 0.3 is 0 Å². The normalized spacial score (nSPS) is 23.3. The third-order valence-corrected chi connectivity index (χ3v) is 4.68. The number of nitrogens with two attached hydrogens (primary N) is 1. The number of H-pyrrole nitrogens is 1. The predicted octanol–water partition coefficient (Wildman–Crippen LogP) is 1.88. The number of aromatic amines is 1. The Bertz CT molecular complexity index is 476. The van der Waals surface area contributed by atoms with E-state index in [1.54, 1.807) is 0 Å². The van der Waals surface area contributed by atoms with Crippen LogP contribution >= 0.6 is 15.9 Å². The molecule has 0 bridgehead atoms. The molecule has 1 saturated carbocycles. The summed E-state index contributed by atoms with van der Waals surface area (Å²) in [5.74, 6) is 1.22. The van der Waals surface area contributed by atoms with Crippen molar-refractivity contribution in [1.29, 1.82) is 0 Å². The van der Waals surface area contributed by atoms with E-state index in [0.29, 0.717) is 23.0 Å². The van der Waals surface area contributed by atoms with E-state index in [4.69, 9.17) is 5.73 Å². The van der Waals surface area contributed by atoms with Crippen LogP contribution in [0.5, 0.6) is 0 Å². The Morgan fingerprint density at radius 2 is 2.26 bits per heavy atom. The average molecular weight is 329 g/mol. The highest BCUT2D eigenvalue weighted by Crippen LogP contribution is 2.32. The number of rotatable bonds is 4. The minimum Gasteiger partial charge on any atom is -0.352 e. The average Bonchev–Trinajstić information content (AvgIpc) is 2.45. The minimum atomic E-state index is -0.136. The summed E-state index contributed by atoms with van der Waals surface area (Å²) in [4.78, 5) is 20.8. The number of hydrogen-bond donors (Lipinski definition) is 2. The van der Waals surface area contributed by atoms with Crippen LogP contribution in [-0.4, -0.2) is 29.1 Å². The Balaban J connectivity index is 2.32. The lowest BCUT2D eigenvalue weighted by Gasteiger charge is -2.40. The van der Waals surface area contributed by atoms with Gasteiger partial charge in [0.25, 0.3) is 5.56 Å². The second-order valence-corrected chi connectivity index (χ2v) is 5.80. The van der Waals surface area contributed by atoms with Crippen LogP contribution in [0.3, 0.4) is 0 Å². The maximum absolute atomic E-state index is 11.7. The summed E-state index contributed by atoms with van der Waals surface area (Å²) in [7, 11) is 0. The fourth-order valence-corrected chi connectivity index (χ4v) is 3.43. The van der Waals surface area contributed by atoms with E-state index in [9.17, 15) is 4.79 Å². The highest BCUT2D eigenvalue weighted by atomic mass is 79.9. The van der Waals surface area contributed by atoms with E-state index >= 15 is 0 Å². The lowest BCUT2D eigenvalue weighted by Crippen LogP contribution is -2.46. The zero-order valence-electron chi connectivity index (χ0n) is 11.2. The van der Waals surface area contributed by atoms with Crippen LogP contribution in [0, 0.1) is 5.92 Å². The molecule has 0 spiro atoms. The molecule has 106 valence electrons. The molecule has 2 rings (SSSR count). The molecular formula is C13H21BrN4O. The molecule has 2 atom stereocenters. The molecule has 5 nitrogen and oxygen atoms in total. The van der Waals surface area contributed by atoms with Gasteiger partial charge in [0.1, 0.15) is 4.47 Å². The Morgan fingerprint density at radius 1 is 1.53 bits per heavy atom. The Labute approximate surface area is 121 Å². The molecule has 0 aliphatic heterocycles. The van der Waals surface area contributed by atoms with E-state index in [2.05, 4.69) is 37.7 Å². The SMILES string of the molecule is CCN(c1nc[nH]c(=O)c1Br)C1CCCCC1CN. The van der Waals surface area contributed by atoms with Gasteiger partial charge in [-0.25, -0.2) is 4.98 Å². The predicted molar refractivity (Wildman–Crippen MR) is 80.4 cm³/mol. The quantitative estimate of drug-likeness (QED) is 0.884. The second-order valence-electron chi connectivity index (χ2n) is 5.00. The van der Waals surface area contributed by atoms with Gasteiger partial charge in [-0.2, -0.15) is 0 Å². The maximum atomic E-state index is 11.7. The van der Waals surface area contributed by atoms with Crippen LogP contribution in [0.2, 0.25) is 0 Å². The summed E-state index contributed by atoms with van der Waals surface area (Å²) >= 11 is 3.35. The van der Waals surface area contributed by atoms with Crippen molar-refractivity contribution >= 4 is 21.7 Å². The molecule has 0 saturated heterocycles. The minimum absolute atomic E-state index is 0.136. The first-order valence-corrected chi connectivity index (χ1v) is 7.68. The molecule has 0 aromatic carbocycles. The van der Waals surface area contributed by atoms with Gasteiger partial charge in [-0.1, -0.05) is 12.8 Å². The summed E-state index contributed by atoms with van der Waals surface area (Å²) in [6.45, 7) is 3.62. The molecule has 1 aliphatic carbocycles. The topological polar surface area (TPSA) is 75.0 Å². The van der Waals surface area contributed by atoms with Crippen LogP contribution in [-0.2, 0) is 0 Å². The molecule has 2 unspecified atom stereocenters. The summed E-state index contributed by atoms with van der Waals surface area (Å²) < 4.78 is 0.512. The van der Waals surface area contributed by atoms with Gasteiger partial charge in [-0.15, -0.1) is 0 Å². The summed E-state index contributed by atoms with van der Waals surface area (Å²) in [6.07, 6.45) is 6.22. The van der Waals surface area contributed by atoms with E-state index in [1.807, 2.05) is 0 Å². The van der Waals surface area contributed by atoms with Gasteiger partial charge in [0.2, 0.25) is 0 Å². The monoisotopic (exact) mass is 328 g/mol. The van der Waals surface area contributed by atoms with E-state index in [1.165, 1.54) is 25.6 Å². The van der Waals surface area contributed by atoms with Crippen molar-refractivity contribution < 1.29 is 0 Å². The van der Waals surface area contributed by atoms with Crippen LogP contribution < -0.4 is 16.2 Å². The van der Waals surface area contributed by atoms with Crippen LogP contribution in [0.1, 0.15) is 32.6 Å². The summed E-state index contributed by atoms with van der Waals surface area (Å²) in [5.41, 5.74) is 5.77. The highest BCUT2D eigenvalue weighted by molar-refractivity contribution is 9.10. The fourth-order valence-electron chi connectivity index (χ4n) is 2.99. The van der Waals surface area contributed by atoms with E-state index in [0.717, 1.165) is 18.8 Å². The van der Waals surface area contributed by atoms with Crippen molar-refractivity contribution in [2.24, 2.45) is 11.7 Å². The number of halogens is 1.